The molecule has 132 valence electrons. The first kappa shape index (κ1) is 16.8. The summed E-state index contributed by atoms with van der Waals surface area (Å²) in [5.41, 5.74) is 0.649. The summed E-state index contributed by atoms with van der Waals surface area (Å²) in [6.07, 6.45) is 3.27. The third-order valence-electron chi connectivity index (χ3n) is 4.75. The van der Waals surface area contributed by atoms with E-state index in [2.05, 4.69) is 36.5 Å². The molecule has 0 spiro atoms. The van der Waals surface area contributed by atoms with Gasteiger partial charge in [-0.05, 0) is 47.0 Å². The van der Waals surface area contributed by atoms with Crippen molar-refractivity contribution in [1.29, 1.82) is 0 Å². The van der Waals surface area contributed by atoms with Crippen LogP contribution in [0.1, 0.15) is 52.1 Å². The first-order valence-corrected chi connectivity index (χ1v) is 8.69. The second-order valence-corrected chi connectivity index (χ2v) is 7.84. The summed E-state index contributed by atoms with van der Waals surface area (Å²) in [6.45, 7) is 8.62. The topological polar surface area (TPSA) is 79.3 Å². The van der Waals surface area contributed by atoms with E-state index in [4.69, 9.17) is 0 Å². The van der Waals surface area contributed by atoms with E-state index in [1.54, 1.807) is 0 Å². The van der Waals surface area contributed by atoms with Gasteiger partial charge >= 0.3 is 6.03 Å². The number of carbonyl (C=O) groups excluding carboxylic acids is 2. The molecule has 2 bridgehead atoms. The SMILES string of the molecule is Cc1cc(NC(=O)N2C3CCCC2CC(=O)NC3)n(C(C)(C)C)n1. The van der Waals surface area contributed by atoms with Gasteiger partial charge in [-0.25, -0.2) is 9.48 Å². The van der Waals surface area contributed by atoms with Crippen LogP contribution >= 0.6 is 0 Å². The second kappa shape index (κ2) is 6.11. The summed E-state index contributed by atoms with van der Waals surface area (Å²) in [5, 5.41) is 10.5. The van der Waals surface area contributed by atoms with Crippen LogP contribution in [0.5, 0.6) is 0 Å². The number of rotatable bonds is 1. The lowest BCUT2D eigenvalue weighted by atomic mass is 9.95. The number of hydrogen-bond donors (Lipinski definition) is 2. The quantitative estimate of drug-likeness (QED) is 0.827. The van der Waals surface area contributed by atoms with Crippen molar-refractivity contribution in [2.24, 2.45) is 0 Å². The van der Waals surface area contributed by atoms with Gasteiger partial charge in [-0.1, -0.05) is 0 Å². The maximum Gasteiger partial charge on any atom is 0.323 e. The van der Waals surface area contributed by atoms with Gasteiger partial charge in [-0.3, -0.25) is 10.1 Å². The second-order valence-electron chi connectivity index (χ2n) is 7.84. The van der Waals surface area contributed by atoms with Crippen LogP contribution in [0.3, 0.4) is 0 Å². The number of hydrogen-bond acceptors (Lipinski definition) is 3. The maximum absolute atomic E-state index is 13.0. The van der Waals surface area contributed by atoms with Gasteiger partial charge in [0.1, 0.15) is 5.82 Å². The number of piperidine rings is 1. The fourth-order valence-corrected chi connectivity index (χ4v) is 3.69. The lowest BCUT2D eigenvalue weighted by molar-refractivity contribution is -0.121. The zero-order valence-corrected chi connectivity index (χ0v) is 14.9. The van der Waals surface area contributed by atoms with Crippen molar-refractivity contribution >= 4 is 17.8 Å². The minimum Gasteiger partial charge on any atom is -0.354 e. The van der Waals surface area contributed by atoms with E-state index in [0.29, 0.717) is 18.8 Å². The standard InChI is InChI=1S/C17H27N5O2/c1-11-8-14(22(20-11)17(2,3)4)19-16(24)21-12-6-5-7-13(21)10-18-15(23)9-12/h8,12-13H,5-7,9-10H2,1-4H3,(H,18,23)(H,19,24). The Labute approximate surface area is 142 Å². The molecular formula is C17H27N5O2. The zero-order valence-electron chi connectivity index (χ0n) is 14.9. The Hall–Kier alpha value is -2.05. The molecule has 2 fully saturated rings. The molecule has 7 heteroatoms. The Morgan fingerprint density at radius 1 is 1.33 bits per heavy atom. The summed E-state index contributed by atoms with van der Waals surface area (Å²) in [6, 6.07) is 1.81. The molecular weight excluding hydrogens is 306 g/mol. The summed E-state index contributed by atoms with van der Waals surface area (Å²) in [4.78, 5) is 26.7. The van der Waals surface area contributed by atoms with Gasteiger partial charge in [-0.2, -0.15) is 5.10 Å². The van der Waals surface area contributed by atoms with E-state index in [1.807, 2.05) is 22.6 Å². The average Bonchev–Trinajstić information content (AvgIpc) is 2.81. The van der Waals surface area contributed by atoms with Gasteiger partial charge in [0.05, 0.1) is 17.3 Å². The van der Waals surface area contributed by atoms with Gasteiger partial charge in [-0.15, -0.1) is 0 Å². The van der Waals surface area contributed by atoms with Gasteiger partial charge < -0.3 is 10.2 Å². The van der Waals surface area contributed by atoms with Gasteiger partial charge in [0.15, 0.2) is 0 Å². The van der Waals surface area contributed by atoms with Gasteiger partial charge in [0.2, 0.25) is 5.91 Å². The molecule has 0 radical (unpaired) electrons. The highest BCUT2D eigenvalue weighted by molar-refractivity contribution is 5.90. The molecule has 2 unspecified atom stereocenters. The molecule has 3 amide bonds. The van der Waals surface area contributed by atoms with Crippen molar-refractivity contribution in [3.05, 3.63) is 11.8 Å². The van der Waals surface area contributed by atoms with E-state index in [0.717, 1.165) is 25.0 Å². The molecule has 1 aromatic rings. The van der Waals surface area contributed by atoms with E-state index in [-0.39, 0.29) is 29.6 Å². The van der Waals surface area contributed by atoms with Gasteiger partial charge in [0, 0.05) is 25.1 Å². The Morgan fingerprint density at radius 3 is 2.75 bits per heavy atom. The minimum absolute atomic E-state index is 0.0154. The molecule has 7 nitrogen and oxygen atoms in total. The van der Waals surface area contributed by atoms with Crippen molar-refractivity contribution in [2.45, 2.75) is 71.0 Å². The molecule has 0 aliphatic carbocycles. The average molecular weight is 333 g/mol. The van der Waals surface area contributed by atoms with Crippen LogP contribution in [-0.4, -0.2) is 45.2 Å². The number of aryl methyl sites for hydroxylation is 1. The van der Waals surface area contributed by atoms with Gasteiger partial charge in [0.25, 0.3) is 0 Å². The van der Waals surface area contributed by atoms with Crippen LogP contribution in [0.25, 0.3) is 0 Å². The number of anilines is 1. The summed E-state index contributed by atoms with van der Waals surface area (Å²) >= 11 is 0. The van der Waals surface area contributed by atoms with E-state index in [1.165, 1.54) is 0 Å². The van der Waals surface area contributed by atoms with Crippen molar-refractivity contribution in [1.82, 2.24) is 20.0 Å². The number of amides is 3. The molecule has 3 rings (SSSR count). The highest BCUT2D eigenvalue weighted by atomic mass is 16.2. The largest absolute Gasteiger partial charge is 0.354 e. The van der Waals surface area contributed by atoms with Crippen molar-refractivity contribution in [3.8, 4) is 0 Å². The third-order valence-corrected chi connectivity index (χ3v) is 4.75. The summed E-state index contributed by atoms with van der Waals surface area (Å²) in [5.74, 6) is 0.740. The number of nitrogens with one attached hydrogen (secondary N) is 2. The normalized spacial score (nSPS) is 24.3. The molecule has 1 aromatic heterocycles. The number of aromatic nitrogens is 2. The Bertz CT molecular complexity index is 646. The molecule has 24 heavy (non-hydrogen) atoms. The smallest absolute Gasteiger partial charge is 0.323 e. The number of nitrogens with zero attached hydrogens (tertiary/aromatic N) is 3. The van der Waals surface area contributed by atoms with Crippen molar-refractivity contribution in [3.63, 3.8) is 0 Å². The zero-order chi connectivity index (χ0) is 17.5. The Balaban J connectivity index is 1.83. The lowest BCUT2D eigenvalue weighted by Crippen LogP contribution is -2.52. The third kappa shape index (κ3) is 3.25. The molecule has 2 atom stereocenters. The Kier molecular flexibility index (Phi) is 4.27. The highest BCUT2D eigenvalue weighted by Gasteiger charge is 2.38. The van der Waals surface area contributed by atoms with E-state index in [9.17, 15) is 9.59 Å². The predicted molar refractivity (Wildman–Crippen MR) is 91.9 cm³/mol. The summed E-state index contributed by atoms with van der Waals surface area (Å²) < 4.78 is 1.84. The first-order chi connectivity index (χ1) is 11.3. The van der Waals surface area contributed by atoms with Crippen LogP contribution in [0.4, 0.5) is 10.6 Å². The number of fused-ring (bicyclic) bond motifs is 2. The monoisotopic (exact) mass is 333 g/mol. The van der Waals surface area contributed by atoms with Crippen LogP contribution in [0.15, 0.2) is 6.07 Å². The fraction of sp³-hybridized carbons (Fsp3) is 0.706. The summed E-state index contributed by atoms with van der Waals surface area (Å²) in [7, 11) is 0. The highest BCUT2D eigenvalue weighted by Crippen LogP contribution is 2.28. The minimum atomic E-state index is -0.219. The fourth-order valence-electron chi connectivity index (χ4n) is 3.69. The van der Waals surface area contributed by atoms with Crippen LogP contribution < -0.4 is 10.6 Å². The van der Waals surface area contributed by atoms with E-state index < -0.39 is 0 Å². The molecule has 0 aromatic carbocycles. The van der Waals surface area contributed by atoms with Crippen LogP contribution in [-0.2, 0) is 10.3 Å². The number of urea groups is 1. The molecule has 2 saturated heterocycles. The number of carbonyl (C=O) groups is 2. The van der Waals surface area contributed by atoms with Crippen LogP contribution in [0, 0.1) is 6.92 Å². The molecule has 2 N–H and O–H groups in total. The predicted octanol–water partition coefficient (Wildman–Crippen LogP) is 2.22. The maximum atomic E-state index is 13.0. The molecule has 3 heterocycles. The lowest BCUT2D eigenvalue weighted by Gasteiger charge is -2.39. The molecule has 0 saturated carbocycles. The van der Waals surface area contributed by atoms with Crippen molar-refractivity contribution < 1.29 is 9.59 Å². The van der Waals surface area contributed by atoms with Crippen molar-refractivity contribution in [2.75, 3.05) is 11.9 Å². The molecule has 2 aliphatic heterocycles. The van der Waals surface area contributed by atoms with Crippen LogP contribution in [0.2, 0.25) is 0 Å². The molecule has 2 aliphatic rings. The Morgan fingerprint density at radius 2 is 2.04 bits per heavy atom. The first-order valence-electron chi connectivity index (χ1n) is 8.69. The van der Waals surface area contributed by atoms with E-state index >= 15 is 0 Å².